The first-order valence-corrected chi connectivity index (χ1v) is 13.2. The zero-order valence-corrected chi connectivity index (χ0v) is 20.7. The van der Waals surface area contributed by atoms with E-state index in [9.17, 15) is 23.1 Å². The van der Waals surface area contributed by atoms with Gasteiger partial charge in [0.15, 0.2) is 0 Å². The van der Waals surface area contributed by atoms with Crippen LogP contribution in [-0.4, -0.2) is 17.2 Å². The number of alkyl halides is 3. The number of fused-ring (bicyclic) bond motifs is 1. The predicted molar refractivity (Wildman–Crippen MR) is 132 cm³/mol. The lowest BCUT2D eigenvalue weighted by molar-refractivity contribution is -0.143. The summed E-state index contributed by atoms with van der Waals surface area (Å²) in [4.78, 5) is 11.2. The minimum atomic E-state index is -4.51. The summed E-state index contributed by atoms with van der Waals surface area (Å²) in [6.45, 7) is 4.22. The molecule has 0 heterocycles. The van der Waals surface area contributed by atoms with Gasteiger partial charge in [0.2, 0.25) is 0 Å². The summed E-state index contributed by atoms with van der Waals surface area (Å²) in [6, 6.07) is 8.64. The van der Waals surface area contributed by atoms with Gasteiger partial charge in [-0.2, -0.15) is 13.2 Å². The number of benzene rings is 2. The van der Waals surface area contributed by atoms with E-state index in [1.54, 1.807) is 18.2 Å². The number of aliphatic carboxylic acids is 1. The maximum absolute atomic E-state index is 14.3. The quantitative estimate of drug-likeness (QED) is 0.423. The van der Waals surface area contributed by atoms with Gasteiger partial charge in [-0.25, -0.2) is 0 Å². The van der Waals surface area contributed by atoms with E-state index in [1.165, 1.54) is 6.07 Å². The molecule has 1 atom stereocenters. The molecular weight excluding hydrogens is 453 g/mol. The van der Waals surface area contributed by atoms with Crippen LogP contribution < -0.4 is 4.74 Å². The molecule has 2 aromatic rings. The molecule has 1 N–H and O–H groups in total. The Labute approximate surface area is 206 Å². The molecule has 2 fully saturated rings. The van der Waals surface area contributed by atoms with Gasteiger partial charge in [-0.3, -0.25) is 4.79 Å². The van der Waals surface area contributed by atoms with E-state index >= 15 is 0 Å². The molecule has 0 unspecified atom stereocenters. The average molecular weight is 491 g/mol. The number of carbonyl (C=O) groups is 1. The minimum absolute atomic E-state index is 0.0539. The van der Waals surface area contributed by atoms with Crippen LogP contribution in [0.5, 0.6) is 5.75 Å². The van der Waals surface area contributed by atoms with Crippen LogP contribution in [0.3, 0.4) is 0 Å². The van der Waals surface area contributed by atoms with E-state index < -0.39 is 17.7 Å². The molecule has 2 aliphatic carbocycles. The molecule has 192 valence electrons. The van der Waals surface area contributed by atoms with Crippen LogP contribution in [0.4, 0.5) is 13.2 Å². The number of carboxylic acids is 1. The number of halogens is 3. The van der Waals surface area contributed by atoms with Crippen molar-refractivity contribution in [3.05, 3.63) is 41.5 Å². The van der Waals surface area contributed by atoms with Crippen LogP contribution in [-0.2, 0) is 11.0 Å². The number of rotatable bonds is 7. The Kier molecular flexibility index (Phi) is 7.97. The van der Waals surface area contributed by atoms with Crippen molar-refractivity contribution in [3.8, 4) is 5.75 Å². The fourth-order valence-electron chi connectivity index (χ4n) is 6.13. The van der Waals surface area contributed by atoms with E-state index in [4.69, 9.17) is 4.74 Å². The highest BCUT2D eigenvalue weighted by molar-refractivity contribution is 5.89. The Bertz CT molecular complexity index is 1020. The first kappa shape index (κ1) is 25.8. The molecule has 2 saturated carbocycles. The Morgan fingerprint density at radius 2 is 1.63 bits per heavy atom. The van der Waals surface area contributed by atoms with Gasteiger partial charge in [0.05, 0.1) is 12.0 Å². The monoisotopic (exact) mass is 490 g/mol. The molecule has 0 radical (unpaired) electrons. The Hall–Kier alpha value is -2.24. The van der Waals surface area contributed by atoms with Crippen molar-refractivity contribution in [2.45, 2.75) is 96.3 Å². The molecular formula is C29H37F3O3. The van der Waals surface area contributed by atoms with Gasteiger partial charge in [-0.05, 0) is 97.9 Å². The van der Waals surface area contributed by atoms with E-state index in [0.29, 0.717) is 30.1 Å². The van der Waals surface area contributed by atoms with Crippen LogP contribution in [0.15, 0.2) is 30.3 Å². The lowest BCUT2D eigenvalue weighted by atomic mass is 9.77. The summed E-state index contributed by atoms with van der Waals surface area (Å²) < 4.78 is 49.0. The predicted octanol–water partition coefficient (Wildman–Crippen LogP) is 8.59. The van der Waals surface area contributed by atoms with E-state index in [1.807, 2.05) is 6.07 Å². The fourth-order valence-corrected chi connectivity index (χ4v) is 6.13. The molecule has 2 aliphatic rings. The molecule has 2 aromatic carbocycles. The Morgan fingerprint density at radius 3 is 2.23 bits per heavy atom. The average Bonchev–Trinajstić information content (AvgIpc) is 2.83. The topological polar surface area (TPSA) is 46.5 Å². The van der Waals surface area contributed by atoms with Crippen molar-refractivity contribution in [1.82, 2.24) is 0 Å². The lowest BCUT2D eigenvalue weighted by Crippen LogP contribution is -2.25. The number of carboxylic acid groups (broad SMARTS) is 1. The zero-order chi connectivity index (χ0) is 25.2. The van der Waals surface area contributed by atoms with Crippen LogP contribution in [0.25, 0.3) is 10.8 Å². The fraction of sp³-hybridized carbons (Fsp3) is 0.621. The summed E-state index contributed by atoms with van der Waals surface area (Å²) in [6.07, 6.45) is 4.00. The van der Waals surface area contributed by atoms with Gasteiger partial charge >= 0.3 is 12.1 Å². The molecule has 6 heteroatoms. The molecule has 0 aromatic heterocycles. The second kappa shape index (κ2) is 10.8. The van der Waals surface area contributed by atoms with Crippen LogP contribution >= 0.6 is 0 Å². The smallest absolute Gasteiger partial charge is 0.420 e. The van der Waals surface area contributed by atoms with Crippen LogP contribution in [0, 0.1) is 17.8 Å². The molecule has 3 nitrogen and oxygen atoms in total. The van der Waals surface area contributed by atoms with Crippen molar-refractivity contribution in [2.75, 3.05) is 0 Å². The highest BCUT2D eigenvalue weighted by Crippen LogP contribution is 2.44. The molecule has 0 aliphatic heterocycles. The van der Waals surface area contributed by atoms with Crippen molar-refractivity contribution in [2.24, 2.45) is 17.8 Å². The summed E-state index contributed by atoms with van der Waals surface area (Å²) in [5.41, 5.74) is 0.229. The van der Waals surface area contributed by atoms with Gasteiger partial charge in [-0.15, -0.1) is 0 Å². The Balaban J connectivity index is 1.55. The van der Waals surface area contributed by atoms with Gasteiger partial charge in [0.1, 0.15) is 11.3 Å². The van der Waals surface area contributed by atoms with Gasteiger partial charge in [0.25, 0.3) is 0 Å². The van der Waals surface area contributed by atoms with E-state index in [-0.39, 0.29) is 29.1 Å². The molecule has 0 amide bonds. The van der Waals surface area contributed by atoms with Crippen molar-refractivity contribution < 1.29 is 27.8 Å². The van der Waals surface area contributed by atoms with Gasteiger partial charge < -0.3 is 9.84 Å². The number of ether oxygens (including phenoxy) is 1. The normalized spacial score (nSPS) is 26.4. The van der Waals surface area contributed by atoms with Crippen molar-refractivity contribution >= 4 is 16.7 Å². The van der Waals surface area contributed by atoms with E-state index in [2.05, 4.69) is 13.8 Å². The summed E-state index contributed by atoms with van der Waals surface area (Å²) in [5.74, 6) is 0.125. The molecule has 0 bridgehead atoms. The highest BCUT2D eigenvalue weighted by Gasteiger charge is 2.37. The SMILES string of the molecule is CCC1CCC(Oc2ccc3ccc([C@H](C)CC4CCC(C(=O)O)CC4)cc3c2C(F)(F)F)CC1. The summed E-state index contributed by atoms with van der Waals surface area (Å²) in [7, 11) is 0. The van der Waals surface area contributed by atoms with Gasteiger partial charge in [-0.1, -0.05) is 44.5 Å². The van der Waals surface area contributed by atoms with Crippen molar-refractivity contribution in [3.63, 3.8) is 0 Å². The van der Waals surface area contributed by atoms with Crippen LogP contribution in [0.2, 0.25) is 0 Å². The second-order valence-corrected chi connectivity index (χ2v) is 10.8. The minimum Gasteiger partial charge on any atom is -0.490 e. The zero-order valence-electron chi connectivity index (χ0n) is 20.7. The van der Waals surface area contributed by atoms with E-state index in [0.717, 1.165) is 56.9 Å². The molecule has 35 heavy (non-hydrogen) atoms. The largest absolute Gasteiger partial charge is 0.490 e. The first-order chi connectivity index (χ1) is 16.7. The van der Waals surface area contributed by atoms with Crippen molar-refractivity contribution in [1.29, 1.82) is 0 Å². The third kappa shape index (κ3) is 6.13. The van der Waals surface area contributed by atoms with Crippen LogP contribution in [0.1, 0.15) is 95.1 Å². The third-order valence-corrected chi connectivity index (χ3v) is 8.41. The maximum atomic E-state index is 14.3. The number of hydrogen-bond acceptors (Lipinski definition) is 2. The maximum Gasteiger partial charge on any atom is 0.420 e. The standard InChI is InChI=1S/C29H37F3O3/c1-3-19-6-13-24(14-7-19)35-26-15-12-21-10-11-23(17-25(21)27(26)29(30,31)32)18(2)16-20-4-8-22(9-5-20)28(33)34/h10-12,15,17-20,22,24H,3-9,13-14,16H2,1-2H3,(H,33,34)/t18-,19?,20?,22?,24?/m1/s1. The first-order valence-electron chi connectivity index (χ1n) is 13.2. The molecule has 0 saturated heterocycles. The Morgan fingerprint density at radius 1 is 1.00 bits per heavy atom. The second-order valence-electron chi connectivity index (χ2n) is 10.8. The third-order valence-electron chi connectivity index (χ3n) is 8.41. The summed E-state index contributed by atoms with van der Waals surface area (Å²) >= 11 is 0. The number of hydrogen-bond donors (Lipinski definition) is 1. The molecule has 0 spiro atoms. The van der Waals surface area contributed by atoms with Gasteiger partial charge in [0, 0.05) is 0 Å². The molecule has 4 rings (SSSR count). The lowest BCUT2D eigenvalue weighted by Gasteiger charge is -2.30. The highest BCUT2D eigenvalue weighted by atomic mass is 19.4. The summed E-state index contributed by atoms with van der Waals surface area (Å²) in [5, 5.41) is 10.00.